The van der Waals surface area contributed by atoms with Crippen LogP contribution < -0.4 is 22.1 Å². The Balaban J connectivity index is 4.53. The highest BCUT2D eigenvalue weighted by Gasteiger charge is 2.30. The van der Waals surface area contributed by atoms with Crippen LogP contribution in [-0.4, -0.2) is 50.2 Å². The minimum absolute atomic E-state index is 0.0310. The van der Waals surface area contributed by atoms with E-state index in [2.05, 4.69) is 15.6 Å². The molecule has 0 aromatic heterocycles. The molecule has 0 aromatic carbocycles. The second-order valence-electron chi connectivity index (χ2n) is 5.03. The Labute approximate surface area is 120 Å². The Hall–Kier alpha value is -1.47. The fraction of sp³-hybridized carbons (Fsp3) is 0.769. The normalized spacial score (nSPS) is 13.8. The van der Waals surface area contributed by atoms with Crippen LogP contribution in [-0.2, 0) is 9.59 Å². The summed E-state index contributed by atoms with van der Waals surface area (Å²) in [7, 11) is 3.35. The van der Waals surface area contributed by atoms with Gasteiger partial charge < -0.3 is 22.1 Å². The van der Waals surface area contributed by atoms with E-state index in [-0.39, 0.29) is 17.7 Å². The predicted octanol–water partition coefficient (Wildman–Crippen LogP) is -0.990. The van der Waals surface area contributed by atoms with E-state index in [9.17, 15) is 9.59 Å². The topological polar surface area (TPSA) is 123 Å². The van der Waals surface area contributed by atoms with Crippen molar-refractivity contribution in [1.29, 1.82) is 0 Å². The van der Waals surface area contributed by atoms with Crippen LogP contribution in [0.2, 0.25) is 0 Å². The third kappa shape index (κ3) is 6.12. The van der Waals surface area contributed by atoms with E-state index in [1.165, 1.54) is 0 Å². The number of guanidine groups is 1. The molecule has 2 atom stereocenters. The van der Waals surface area contributed by atoms with Crippen LogP contribution in [0.1, 0.15) is 26.7 Å². The molecule has 116 valence electrons. The molecule has 0 unspecified atom stereocenters. The van der Waals surface area contributed by atoms with Gasteiger partial charge in [0.15, 0.2) is 5.96 Å². The molecule has 0 rings (SSSR count). The Morgan fingerprint density at radius 3 is 2.10 bits per heavy atom. The standard InChI is InChI=1S/C13H27N5O2/c1-8(2)10(17-4)12(20)11(19)9(16-3)6-5-7-18-13(14)15/h8-10,16-17H,5-7H2,1-4H3,(H4,14,15,18)/t9-,10-/m0/s1. The van der Waals surface area contributed by atoms with Crippen molar-refractivity contribution in [3.63, 3.8) is 0 Å². The molecule has 6 N–H and O–H groups in total. The van der Waals surface area contributed by atoms with Crippen LogP contribution >= 0.6 is 0 Å². The van der Waals surface area contributed by atoms with Gasteiger partial charge in [-0.1, -0.05) is 13.8 Å². The smallest absolute Gasteiger partial charge is 0.217 e. The minimum atomic E-state index is -0.494. The third-order valence-corrected chi connectivity index (χ3v) is 3.11. The van der Waals surface area contributed by atoms with E-state index in [0.717, 1.165) is 0 Å². The number of rotatable bonds is 10. The van der Waals surface area contributed by atoms with Gasteiger partial charge in [-0.2, -0.15) is 0 Å². The number of nitrogens with zero attached hydrogens (tertiary/aromatic N) is 1. The lowest BCUT2D eigenvalue weighted by Crippen LogP contribution is -2.48. The molecule has 0 amide bonds. The summed E-state index contributed by atoms with van der Waals surface area (Å²) in [6.07, 6.45) is 1.15. The Morgan fingerprint density at radius 1 is 1.10 bits per heavy atom. The number of ketones is 2. The van der Waals surface area contributed by atoms with Gasteiger partial charge in [-0.15, -0.1) is 0 Å². The van der Waals surface area contributed by atoms with Crippen molar-refractivity contribution in [2.45, 2.75) is 38.8 Å². The maximum atomic E-state index is 12.2. The van der Waals surface area contributed by atoms with Gasteiger partial charge in [0.25, 0.3) is 0 Å². The van der Waals surface area contributed by atoms with Crippen molar-refractivity contribution in [2.75, 3.05) is 20.6 Å². The van der Waals surface area contributed by atoms with Crippen LogP contribution in [0, 0.1) is 5.92 Å². The van der Waals surface area contributed by atoms with E-state index < -0.39 is 17.9 Å². The number of hydrogen-bond donors (Lipinski definition) is 4. The molecule has 7 nitrogen and oxygen atoms in total. The summed E-state index contributed by atoms with van der Waals surface area (Å²) in [6.45, 7) is 4.25. The van der Waals surface area contributed by atoms with Crippen LogP contribution in [0.4, 0.5) is 0 Å². The van der Waals surface area contributed by atoms with E-state index in [0.29, 0.717) is 19.4 Å². The first-order chi connectivity index (χ1) is 9.34. The molecule has 0 radical (unpaired) electrons. The maximum absolute atomic E-state index is 12.2. The third-order valence-electron chi connectivity index (χ3n) is 3.11. The zero-order chi connectivity index (χ0) is 15.7. The highest BCUT2D eigenvalue weighted by molar-refractivity contribution is 6.41. The number of carbonyl (C=O) groups excluding carboxylic acids is 2. The number of hydrogen-bond acceptors (Lipinski definition) is 5. The summed E-state index contributed by atoms with van der Waals surface area (Å²) in [6, 6.07) is -0.942. The first-order valence-electron chi connectivity index (χ1n) is 6.83. The van der Waals surface area contributed by atoms with Gasteiger partial charge in [-0.25, -0.2) is 0 Å². The van der Waals surface area contributed by atoms with Crippen molar-refractivity contribution >= 4 is 17.5 Å². The first-order valence-corrected chi connectivity index (χ1v) is 6.83. The minimum Gasteiger partial charge on any atom is -0.370 e. The lowest BCUT2D eigenvalue weighted by atomic mass is 9.93. The number of nitrogens with two attached hydrogens (primary N) is 2. The number of Topliss-reactive ketones (excluding diaryl/α,β-unsaturated/α-hetero) is 2. The molecule has 0 heterocycles. The second-order valence-corrected chi connectivity index (χ2v) is 5.03. The van der Waals surface area contributed by atoms with Gasteiger partial charge in [0.2, 0.25) is 11.6 Å². The lowest BCUT2D eigenvalue weighted by Gasteiger charge is -2.21. The van der Waals surface area contributed by atoms with E-state index in [1.54, 1.807) is 14.1 Å². The Morgan fingerprint density at radius 2 is 1.70 bits per heavy atom. The summed E-state index contributed by atoms with van der Waals surface area (Å²) in [5.74, 6) is -0.687. The second kappa shape index (κ2) is 9.44. The largest absolute Gasteiger partial charge is 0.370 e. The monoisotopic (exact) mass is 285 g/mol. The van der Waals surface area contributed by atoms with Gasteiger partial charge in [0, 0.05) is 6.54 Å². The molecule has 0 aliphatic rings. The zero-order valence-electron chi connectivity index (χ0n) is 12.8. The molecule has 7 heteroatoms. The highest BCUT2D eigenvalue weighted by Crippen LogP contribution is 2.07. The molecular weight excluding hydrogens is 258 g/mol. The molecule has 0 aromatic rings. The van der Waals surface area contributed by atoms with E-state index in [1.807, 2.05) is 13.8 Å². The number of likely N-dealkylation sites (N-methyl/N-ethyl adjacent to an activating group) is 2. The van der Waals surface area contributed by atoms with Crippen molar-refractivity contribution in [2.24, 2.45) is 22.4 Å². The molecule has 0 saturated carbocycles. The molecule has 0 spiro atoms. The van der Waals surface area contributed by atoms with Gasteiger partial charge >= 0.3 is 0 Å². The summed E-state index contributed by atoms with van der Waals surface area (Å²) in [5.41, 5.74) is 10.4. The fourth-order valence-corrected chi connectivity index (χ4v) is 2.00. The summed E-state index contributed by atoms with van der Waals surface area (Å²) in [4.78, 5) is 28.2. The maximum Gasteiger partial charge on any atom is 0.217 e. The number of aliphatic imine (C=N–C) groups is 1. The highest BCUT2D eigenvalue weighted by atomic mass is 16.2. The average Bonchev–Trinajstić information content (AvgIpc) is 2.38. The van der Waals surface area contributed by atoms with Crippen molar-refractivity contribution < 1.29 is 9.59 Å². The summed E-state index contributed by atoms with van der Waals surface area (Å²) >= 11 is 0. The van der Waals surface area contributed by atoms with Crippen molar-refractivity contribution in [1.82, 2.24) is 10.6 Å². The number of nitrogens with one attached hydrogen (secondary N) is 2. The van der Waals surface area contributed by atoms with Crippen LogP contribution in [0.3, 0.4) is 0 Å². The molecular formula is C13H27N5O2. The molecule has 0 saturated heterocycles. The van der Waals surface area contributed by atoms with Crippen LogP contribution in [0.5, 0.6) is 0 Å². The van der Waals surface area contributed by atoms with Gasteiger partial charge in [0.05, 0.1) is 12.1 Å². The first kappa shape index (κ1) is 18.5. The molecule has 0 aliphatic heterocycles. The van der Waals surface area contributed by atoms with Crippen molar-refractivity contribution in [3.05, 3.63) is 0 Å². The van der Waals surface area contributed by atoms with Gasteiger partial charge in [-0.05, 0) is 32.9 Å². The SMILES string of the molecule is CN[C@@H](CCCN=C(N)N)C(=O)C(=O)[C@@H](NC)C(C)C. The van der Waals surface area contributed by atoms with E-state index >= 15 is 0 Å². The van der Waals surface area contributed by atoms with Gasteiger partial charge in [0.1, 0.15) is 0 Å². The molecule has 0 aliphatic carbocycles. The Kier molecular flexibility index (Phi) is 8.74. The molecule has 0 bridgehead atoms. The average molecular weight is 285 g/mol. The van der Waals surface area contributed by atoms with E-state index in [4.69, 9.17) is 11.5 Å². The summed E-state index contributed by atoms with van der Waals surface area (Å²) < 4.78 is 0. The zero-order valence-corrected chi connectivity index (χ0v) is 12.8. The van der Waals surface area contributed by atoms with Crippen molar-refractivity contribution in [3.8, 4) is 0 Å². The molecule has 20 heavy (non-hydrogen) atoms. The molecule has 0 fully saturated rings. The predicted molar refractivity (Wildman–Crippen MR) is 80.5 cm³/mol. The van der Waals surface area contributed by atoms with Gasteiger partial charge in [-0.3, -0.25) is 14.6 Å². The quantitative estimate of drug-likeness (QED) is 0.177. The Bertz CT molecular complexity index is 351. The van der Waals surface area contributed by atoms with Crippen LogP contribution in [0.15, 0.2) is 4.99 Å². The lowest BCUT2D eigenvalue weighted by molar-refractivity contribution is -0.139. The van der Waals surface area contributed by atoms with Crippen LogP contribution in [0.25, 0.3) is 0 Å². The summed E-state index contributed by atoms with van der Waals surface area (Å²) in [5, 5.41) is 5.77. The number of carbonyl (C=O) groups is 2. The fourth-order valence-electron chi connectivity index (χ4n) is 2.00.